The molecule has 3 heterocycles. The fourth-order valence-corrected chi connectivity index (χ4v) is 3.48. The van der Waals surface area contributed by atoms with E-state index in [-0.39, 0.29) is 24.3 Å². The average molecular weight is 439 g/mol. The Kier molecular flexibility index (Phi) is 6.48. The molecular weight excluding hydrogens is 413 g/mol. The number of hydrogen-bond acceptors (Lipinski definition) is 5. The largest absolute Gasteiger partial charge is 0.342 e. The fourth-order valence-electron chi connectivity index (χ4n) is 3.48. The first-order valence-electron chi connectivity index (χ1n) is 10.6. The van der Waals surface area contributed by atoms with Crippen molar-refractivity contribution in [1.82, 2.24) is 25.6 Å². The summed E-state index contributed by atoms with van der Waals surface area (Å²) in [6, 6.07) is 9.51. The van der Waals surface area contributed by atoms with Gasteiger partial charge in [-0.25, -0.2) is 14.2 Å². The summed E-state index contributed by atoms with van der Waals surface area (Å²) in [5, 5.41) is 5.51. The van der Waals surface area contributed by atoms with Crippen LogP contribution in [-0.2, 0) is 15.3 Å². The summed E-state index contributed by atoms with van der Waals surface area (Å²) < 4.78 is 25.8. The molecule has 1 aromatic carbocycles. The minimum Gasteiger partial charge on any atom is -0.342 e. The van der Waals surface area contributed by atoms with Crippen LogP contribution in [0.2, 0.25) is 0 Å². The Morgan fingerprint density at radius 1 is 1.12 bits per heavy atom. The second kappa shape index (κ2) is 9.46. The number of urea groups is 1. The molecule has 0 saturated carbocycles. The fraction of sp³-hybridized carbons (Fsp3) is 0.348. The molecule has 0 aliphatic carbocycles. The standard InChI is InChI=1S/C23H26FN5O3/c1-3-26-22(30)27-14-23(31-12-15(2)13-32-23)21-28-19(16-4-6-18(24)7-5-16)20(29-21)17-8-10-25-11-9-17/h4-11,15H,3,12-14H2,1-2H3,(H,28,29)(H2,26,27,30). The van der Waals surface area contributed by atoms with Crippen LogP contribution in [0.15, 0.2) is 48.8 Å². The second-order valence-electron chi connectivity index (χ2n) is 7.74. The van der Waals surface area contributed by atoms with E-state index in [1.807, 2.05) is 26.0 Å². The maximum absolute atomic E-state index is 13.5. The Labute approximate surface area is 185 Å². The number of nitrogens with zero attached hydrogens (tertiary/aromatic N) is 2. The van der Waals surface area contributed by atoms with Crippen molar-refractivity contribution in [1.29, 1.82) is 0 Å². The highest BCUT2D eigenvalue weighted by atomic mass is 19.1. The number of nitrogens with one attached hydrogen (secondary N) is 3. The Hall–Kier alpha value is -3.30. The zero-order valence-electron chi connectivity index (χ0n) is 18.0. The van der Waals surface area contributed by atoms with E-state index in [4.69, 9.17) is 14.5 Å². The van der Waals surface area contributed by atoms with Gasteiger partial charge in [-0.15, -0.1) is 0 Å². The molecule has 0 bridgehead atoms. The van der Waals surface area contributed by atoms with E-state index in [0.29, 0.717) is 31.3 Å². The molecule has 1 aliphatic heterocycles. The van der Waals surface area contributed by atoms with Gasteiger partial charge in [-0.1, -0.05) is 6.92 Å². The predicted molar refractivity (Wildman–Crippen MR) is 117 cm³/mol. The van der Waals surface area contributed by atoms with Crippen molar-refractivity contribution in [2.75, 3.05) is 26.3 Å². The van der Waals surface area contributed by atoms with Crippen LogP contribution < -0.4 is 10.6 Å². The van der Waals surface area contributed by atoms with Crippen molar-refractivity contribution in [3.63, 3.8) is 0 Å². The minimum absolute atomic E-state index is 0.0672. The zero-order valence-corrected chi connectivity index (χ0v) is 18.0. The number of benzene rings is 1. The summed E-state index contributed by atoms with van der Waals surface area (Å²) in [4.78, 5) is 24.3. The number of carbonyl (C=O) groups excluding carboxylic acids is 1. The van der Waals surface area contributed by atoms with E-state index in [0.717, 1.165) is 16.8 Å². The number of rotatable bonds is 6. The third kappa shape index (κ3) is 4.63. The number of aromatic nitrogens is 3. The highest BCUT2D eigenvalue weighted by molar-refractivity contribution is 5.78. The van der Waals surface area contributed by atoms with Gasteiger partial charge in [0.15, 0.2) is 5.82 Å². The Morgan fingerprint density at radius 2 is 1.81 bits per heavy atom. The molecule has 168 valence electrons. The number of ether oxygens (including phenoxy) is 2. The normalized spacial score (nSPS) is 20.7. The number of H-pyrrole nitrogens is 1. The number of imidazole rings is 1. The molecule has 0 radical (unpaired) electrons. The number of carbonyl (C=O) groups is 1. The first-order valence-corrected chi connectivity index (χ1v) is 10.6. The van der Waals surface area contributed by atoms with Crippen LogP contribution in [-0.4, -0.2) is 47.3 Å². The van der Waals surface area contributed by atoms with Gasteiger partial charge in [-0.2, -0.15) is 0 Å². The molecule has 1 fully saturated rings. The molecule has 3 N–H and O–H groups in total. The lowest BCUT2D eigenvalue weighted by atomic mass is 10.1. The average Bonchev–Trinajstić information content (AvgIpc) is 3.26. The molecule has 0 atom stereocenters. The molecule has 2 aromatic heterocycles. The number of aromatic amines is 1. The van der Waals surface area contributed by atoms with Gasteiger partial charge < -0.3 is 25.1 Å². The molecule has 4 rings (SSSR count). The molecule has 1 saturated heterocycles. The number of hydrogen-bond donors (Lipinski definition) is 3. The Bertz CT molecular complexity index is 1050. The topological polar surface area (TPSA) is 101 Å². The quantitative estimate of drug-likeness (QED) is 0.546. The van der Waals surface area contributed by atoms with Gasteiger partial charge >= 0.3 is 6.03 Å². The van der Waals surface area contributed by atoms with Crippen LogP contribution in [0.1, 0.15) is 19.7 Å². The van der Waals surface area contributed by atoms with Gasteiger partial charge in [0.25, 0.3) is 0 Å². The van der Waals surface area contributed by atoms with Crippen LogP contribution in [0, 0.1) is 11.7 Å². The summed E-state index contributed by atoms with van der Waals surface area (Å²) in [7, 11) is 0. The summed E-state index contributed by atoms with van der Waals surface area (Å²) in [6.07, 6.45) is 3.37. The highest BCUT2D eigenvalue weighted by Crippen LogP contribution is 2.36. The highest BCUT2D eigenvalue weighted by Gasteiger charge is 2.42. The molecule has 8 nitrogen and oxygen atoms in total. The predicted octanol–water partition coefficient (Wildman–Crippen LogP) is 3.43. The number of pyridine rings is 1. The molecule has 2 amide bonds. The van der Waals surface area contributed by atoms with Gasteiger partial charge in [-0.3, -0.25) is 4.98 Å². The molecule has 1 aliphatic rings. The van der Waals surface area contributed by atoms with Gasteiger partial charge in [0, 0.05) is 36.0 Å². The lowest BCUT2D eigenvalue weighted by molar-refractivity contribution is -0.290. The zero-order chi connectivity index (χ0) is 22.6. The van der Waals surface area contributed by atoms with Crippen molar-refractivity contribution < 1.29 is 18.7 Å². The number of halogens is 1. The van der Waals surface area contributed by atoms with Crippen LogP contribution in [0.3, 0.4) is 0 Å². The third-order valence-corrected chi connectivity index (χ3v) is 5.17. The smallest absolute Gasteiger partial charge is 0.314 e. The van der Waals surface area contributed by atoms with Gasteiger partial charge in [-0.05, 0) is 43.3 Å². The van der Waals surface area contributed by atoms with Gasteiger partial charge in [0.2, 0.25) is 5.79 Å². The first kappa shape index (κ1) is 21.9. The summed E-state index contributed by atoms with van der Waals surface area (Å²) in [5.41, 5.74) is 2.93. The lowest BCUT2D eigenvalue weighted by Gasteiger charge is -2.37. The Morgan fingerprint density at radius 3 is 2.47 bits per heavy atom. The number of amides is 2. The molecule has 32 heavy (non-hydrogen) atoms. The molecular formula is C23H26FN5O3. The Balaban J connectivity index is 1.77. The van der Waals surface area contributed by atoms with Crippen LogP contribution in [0.25, 0.3) is 22.5 Å². The van der Waals surface area contributed by atoms with Crippen molar-refractivity contribution in [2.24, 2.45) is 5.92 Å². The van der Waals surface area contributed by atoms with Crippen LogP contribution in [0.4, 0.5) is 9.18 Å². The van der Waals surface area contributed by atoms with E-state index in [1.165, 1.54) is 12.1 Å². The summed E-state index contributed by atoms with van der Waals surface area (Å²) in [6.45, 7) is 5.34. The van der Waals surface area contributed by atoms with Gasteiger partial charge in [0.1, 0.15) is 5.82 Å². The summed E-state index contributed by atoms with van der Waals surface area (Å²) in [5.74, 6) is -0.978. The minimum atomic E-state index is -1.28. The maximum atomic E-state index is 13.5. The molecule has 0 unspecified atom stereocenters. The van der Waals surface area contributed by atoms with Crippen molar-refractivity contribution in [3.05, 3.63) is 60.4 Å². The molecule has 0 spiro atoms. The van der Waals surface area contributed by atoms with E-state index >= 15 is 0 Å². The van der Waals surface area contributed by atoms with Crippen molar-refractivity contribution >= 4 is 6.03 Å². The van der Waals surface area contributed by atoms with Crippen molar-refractivity contribution in [2.45, 2.75) is 19.6 Å². The van der Waals surface area contributed by atoms with Crippen LogP contribution >= 0.6 is 0 Å². The van der Waals surface area contributed by atoms with Crippen LogP contribution in [0.5, 0.6) is 0 Å². The molecule has 3 aromatic rings. The first-order chi connectivity index (χ1) is 15.5. The lowest BCUT2D eigenvalue weighted by Crippen LogP contribution is -2.51. The van der Waals surface area contributed by atoms with E-state index in [9.17, 15) is 9.18 Å². The molecule has 9 heteroatoms. The SMILES string of the molecule is CCNC(=O)NCC1(c2nc(-c3ccc(F)cc3)c(-c3ccncc3)[nH]2)OCC(C)CO1. The van der Waals surface area contributed by atoms with E-state index in [2.05, 4.69) is 20.6 Å². The van der Waals surface area contributed by atoms with E-state index < -0.39 is 5.79 Å². The van der Waals surface area contributed by atoms with Crippen molar-refractivity contribution in [3.8, 4) is 22.5 Å². The van der Waals surface area contributed by atoms with E-state index in [1.54, 1.807) is 24.5 Å². The monoisotopic (exact) mass is 439 g/mol. The maximum Gasteiger partial charge on any atom is 0.314 e. The second-order valence-corrected chi connectivity index (χ2v) is 7.74. The van der Waals surface area contributed by atoms with Gasteiger partial charge in [0.05, 0.1) is 31.1 Å². The third-order valence-electron chi connectivity index (χ3n) is 5.17. The summed E-state index contributed by atoms with van der Waals surface area (Å²) >= 11 is 0.